The fourth-order valence-electron chi connectivity index (χ4n) is 1.32. The normalized spacial score (nSPS) is 10.3. The van der Waals surface area contributed by atoms with Gasteiger partial charge >= 0.3 is 0 Å². The van der Waals surface area contributed by atoms with Crippen molar-refractivity contribution in [2.45, 2.75) is 0 Å². The summed E-state index contributed by atoms with van der Waals surface area (Å²) in [4.78, 5) is 19.6. The van der Waals surface area contributed by atoms with Crippen molar-refractivity contribution in [1.82, 2.24) is 9.97 Å². The number of anilines is 1. The molecule has 98 valence electrons. The highest BCUT2D eigenvalue weighted by Gasteiger charge is 2.14. The lowest BCUT2D eigenvalue weighted by atomic mass is 10.2. The third-order valence-corrected chi connectivity index (χ3v) is 3.61. The predicted molar refractivity (Wildman–Crippen MR) is 81.8 cm³/mol. The number of amides is 1. The smallest absolute Gasteiger partial charge is 0.255 e. The monoisotopic (exact) mass is 423 g/mol. The topological polar surface area (TPSA) is 54.9 Å². The Balaban J connectivity index is 2.31. The molecule has 4 nitrogen and oxygen atoms in total. The minimum absolute atomic E-state index is 0.0856. The third kappa shape index (κ3) is 3.66. The van der Waals surface area contributed by atoms with Crippen LogP contribution in [0.15, 0.2) is 33.5 Å². The van der Waals surface area contributed by atoms with Crippen molar-refractivity contribution in [2.75, 3.05) is 5.32 Å². The first-order valence-electron chi connectivity index (χ1n) is 4.91. The van der Waals surface area contributed by atoms with Gasteiger partial charge in [-0.15, -0.1) is 0 Å². The molecule has 0 aliphatic carbocycles. The molecule has 0 spiro atoms. The number of aromatic nitrogens is 2. The highest BCUT2D eigenvalue weighted by atomic mass is 79.9. The number of carbonyl (C=O) groups excluding carboxylic acids is 1. The zero-order valence-corrected chi connectivity index (χ0v) is 13.8. The molecule has 1 amide bonds. The van der Waals surface area contributed by atoms with Crippen LogP contribution in [-0.2, 0) is 0 Å². The number of nitrogens with zero attached hydrogens (tertiary/aromatic N) is 2. The minimum Gasteiger partial charge on any atom is -0.317 e. The van der Waals surface area contributed by atoms with Crippen molar-refractivity contribution in [1.29, 1.82) is 0 Å². The Bertz CT molecular complexity index is 611. The van der Waals surface area contributed by atoms with Crippen LogP contribution in [0.5, 0.6) is 0 Å². The second-order valence-electron chi connectivity index (χ2n) is 3.44. The van der Waals surface area contributed by atoms with Crippen molar-refractivity contribution >= 4 is 66.7 Å². The first kappa shape index (κ1) is 14.7. The highest BCUT2D eigenvalue weighted by molar-refractivity contribution is 9.11. The van der Waals surface area contributed by atoms with E-state index >= 15 is 0 Å². The van der Waals surface area contributed by atoms with Crippen LogP contribution in [0.1, 0.15) is 10.4 Å². The summed E-state index contributed by atoms with van der Waals surface area (Å²) in [5, 5.41) is 2.75. The van der Waals surface area contributed by atoms with Gasteiger partial charge in [-0.1, -0.05) is 55.1 Å². The summed E-state index contributed by atoms with van der Waals surface area (Å²) in [5.74, 6) is -0.361. The molecule has 0 saturated heterocycles. The number of benzene rings is 1. The first-order valence-corrected chi connectivity index (χ1v) is 7.25. The molecule has 2 aromatic rings. The second-order valence-corrected chi connectivity index (χ2v) is 5.99. The number of rotatable bonds is 2. The van der Waals surface area contributed by atoms with Gasteiger partial charge in [-0.3, -0.25) is 4.79 Å². The zero-order chi connectivity index (χ0) is 14.0. The number of halogens is 4. The highest BCUT2D eigenvalue weighted by Crippen LogP contribution is 2.27. The van der Waals surface area contributed by atoms with Gasteiger partial charge in [-0.25, -0.2) is 9.97 Å². The van der Waals surface area contributed by atoms with E-state index in [1.54, 1.807) is 12.1 Å². The number of hydrogen-bond donors (Lipinski definition) is 1. The van der Waals surface area contributed by atoms with E-state index in [0.29, 0.717) is 5.56 Å². The lowest BCUT2D eigenvalue weighted by molar-refractivity contribution is 0.102. The molecule has 0 saturated carbocycles. The summed E-state index contributed by atoms with van der Waals surface area (Å²) in [5.41, 5.74) is 0.629. The van der Waals surface area contributed by atoms with Crippen molar-refractivity contribution in [3.05, 3.63) is 49.3 Å². The predicted octanol–water partition coefficient (Wildman–Crippen LogP) is 4.56. The van der Waals surface area contributed by atoms with Crippen molar-refractivity contribution in [2.24, 2.45) is 0 Å². The molecule has 1 heterocycles. The van der Waals surface area contributed by atoms with Gasteiger partial charge in [0.25, 0.3) is 5.91 Å². The Kier molecular flexibility index (Phi) is 4.78. The molecule has 0 fully saturated rings. The summed E-state index contributed by atoms with van der Waals surface area (Å²) in [6.45, 7) is 0. The van der Waals surface area contributed by atoms with Gasteiger partial charge in [0, 0.05) is 14.5 Å². The van der Waals surface area contributed by atoms with E-state index in [9.17, 15) is 4.79 Å². The number of hydrogen-bond acceptors (Lipinski definition) is 3. The maximum absolute atomic E-state index is 12.1. The van der Waals surface area contributed by atoms with Crippen LogP contribution in [0.2, 0.25) is 10.3 Å². The minimum atomic E-state index is -0.361. The maximum Gasteiger partial charge on any atom is 0.255 e. The molecule has 1 N–H and O–H groups in total. The molecular weight excluding hydrogens is 421 g/mol. The van der Waals surface area contributed by atoms with Gasteiger partial charge in [0.1, 0.15) is 12.0 Å². The van der Waals surface area contributed by atoms with Gasteiger partial charge in [0.15, 0.2) is 10.3 Å². The molecule has 1 aromatic heterocycles. The third-order valence-electron chi connectivity index (χ3n) is 2.12. The van der Waals surface area contributed by atoms with E-state index in [1.807, 2.05) is 6.07 Å². The van der Waals surface area contributed by atoms with Crippen LogP contribution in [0, 0.1) is 0 Å². The Labute approximate surface area is 135 Å². The SMILES string of the molecule is O=C(Nc1c(Cl)ncnc1Cl)c1cc(Br)cc(Br)c1. The van der Waals surface area contributed by atoms with E-state index in [2.05, 4.69) is 47.1 Å². The lowest BCUT2D eigenvalue weighted by Gasteiger charge is -2.08. The molecule has 0 atom stereocenters. The van der Waals surface area contributed by atoms with E-state index in [4.69, 9.17) is 23.2 Å². The van der Waals surface area contributed by atoms with Crippen LogP contribution in [0.4, 0.5) is 5.69 Å². The van der Waals surface area contributed by atoms with E-state index in [-0.39, 0.29) is 21.9 Å². The molecule has 0 radical (unpaired) electrons. The van der Waals surface area contributed by atoms with Crippen LogP contribution in [-0.4, -0.2) is 15.9 Å². The summed E-state index contributed by atoms with van der Waals surface area (Å²) in [6, 6.07) is 5.17. The summed E-state index contributed by atoms with van der Waals surface area (Å²) in [7, 11) is 0. The molecule has 1 aromatic carbocycles. The molecule has 0 aliphatic rings. The van der Waals surface area contributed by atoms with Gasteiger partial charge < -0.3 is 5.32 Å². The average molecular weight is 426 g/mol. The summed E-state index contributed by atoms with van der Waals surface area (Å²) >= 11 is 18.3. The molecule has 2 rings (SSSR count). The van der Waals surface area contributed by atoms with Gasteiger partial charge in [0.2, 0.25) is 0 Å². The standard InChI is InChI=1S/C11H5Br2Cl2N3O/c12-6-1-5(2-7(13)3-6)11(19)18-8-9(14)16-4-17-10(8)15/h1-4H,(H,18,19). The van der Waals surface area contributed by atoms with Crippen molar-refractivity contribution < 1.29 is 4.79 Å². The fraction of sp³-hybridized carbons (Fsp3) is 0. The molecule has 19 heavy (non-hydrogen) atoms. The van der Waals surface area contributed by atoms with E-state index in [0.717, 1.165) is 8.95 Å². The molecule has 0 unspecified atom stereocenters. The lowest BCUT2D eigenvalue weighted by Crippen LogP contribution is -2.13. The van der Waals surface area contributed by atoms with Crippen molar-refractivity contribution in [3.8, 4) is 0 Å². The molecule has 8 heteroatoms. The summed E-state index contributed by atoms with van der Waals surface area (Å²) in [6.07, 6.45) is 1.22. The Morgan fingerprint density at radius 2 is 1.58 bits per heavy atom. The number of carbonyl (C=O) groups is 1. The van der Waals surface area contributed by atoms with E-state index in [1.165, 1.54) is 6.33 Å². The van der Waals surface area contributed by atoms with E-state index < -0.39 is 0 Å². The molecule has 0 aliphatic heterocycles. The van der Waals surface area contributed by atoms with Crippen molar-refractivity contribution in [3.63, 3.8) is 0 Å². The largest absolute Gasteiger partial charge is 0.317 e. The van der Waals surface area contributed by atoms with Crippen LogP contribution in [0.3, 0.4) is 0 Å². The quantitative estimate of drug-likeness (QED) is 0.717. The van der Waals surface area contributed by atoms with Crippen LogP contribution in [0.25, 0.3) is 0 Å². The fourth-order valence-corrected chi connectivity index (χ4v) is 3.02. The number of nitrogens with one attached hydrogen (secondary N) is 1. The van der Waals surface area contributed by atoms with Gasteiger partial charge in [0.05, 0.1) is 0 Å². The van der Waals surface area contributed by atoms with Gasteiger partial charge in [-0.05, 0) is 18.2 Å². The first-order chi connectivity index (χ1) is 8.97. The maximum atomic E-state index is 12.1. The molecule has 0 bridgehead atoms. The summed E-state index contributed by atoms with van der Waals surface area (Å²) < 4.78 is 1.54. The second kappa shape index (κ2) is 6.17. The van der Waals surface area contributed by atoms with Crippen LogP contribution < -0.4 is 5.32 Å². The Hall–Kier alpha value is -0.690. The van der Waals surface area contributed by atoms with Crippen LogP contribution >= 0.6 is 55.1 Å². The Morgan fingerprint density at radius 3 is 2.11 bits per heavy atom. The molecular formula is C11H5Br2Cl2N3O. The average Bonchev–Trinajstić information content (AvgIpc) is 2.32. The van der Waals surface area contributed by atoms with Gasteiger partial charge in [-0.2, -0.15) is 0 Å². The zero-order valence-electron chi connectivity index (χ0n) is 9.12. The Morgan fingerprint density at radius 1 is 1.05 bits per heavy atom.